The van der Waals surface area contributed by atoms with Gasteiger partial charge in [-0.2, -0.15) is 0 Å². The lowest BCUT2D eigenvalue weighted by molar-refractivity contribution is -0.114. The Labute approximate surface area is 133 Å². The highest BCUT2D eigenvalue weighted by Crippen LogP contribution is 2.48. The molecule has 1 aromatic rings. The molecule has 0 aromatic heterocycles. The molecule has 0 saturated heterocycles. The molecule has 1 saturated carbocycles. The van der Waals surface area contributed by atoms with E-state index in [4.69, 9.17) is 5.73 Å². The zero-order chi connectivity index (χ0) is 14.2. The van der Waals surface area contributed by atoms with Gasteiger partial charge in [0.15, 0.2) is 0 Å². The monoisotopic (exact) mass is 308 g/mol. The van der Waals surface area contributed by atoms with Gasteiger partial charge >= 0.3 is 0 Å². The Morgan fingerprint density at radius 1 is 1.29 bits per heavy atom. The van der Waals surface area contributed by atoms with Gasteiger partial charge in [0.2, 0.25) is 5.91 Å². The third kappa shape index (κ3) is 3.41. The number of fused-ring (bicyclic) bond motifs is 1. The van der Waals surface area contributed by atoms with Crippen molar-refractivity contribution < 1.29 is 4.79 Å². The lowest BCUT2D eigenvalue weighted by atomic mass is 9.69. The first-order chi connectivity index (χ1) is 9.60. The van der Waals surface area contributed by atoms with E-state index in [2.05, 4.69) is 17.4 Å². The number of hydrogen-bond donors (Lipinski definition) is 2. The molecule has 2 aliphatic rings. The third-order valence-corrected chi connectivity index (χ3v) is 5.16. The van der Waals surface area contributed by atoms with Crippen LogP contribution >= 0.6 is 12.4 Å². The van der Waals surface area contributed by atoms with Crippen LogP contribution in [-0.4, -0.2) is 12.5 Å². The molecular formula is C17H25ClN2O. The summed E-state index contributed by atoms with van der Waals surface area (Å²) in [4.78, 5) is 11.2. The number of nitrogens with two attached hydrogens (primary N) is 1. The quantitative estimate of drug-likeness (QED) is 0.880. The molecule has 3 nitrogen and oxygen atoms in total. The maximum atomic E-state index is 11.2. The van der Waals surface area contributed by atoms with Gasteiger partial charge in [0.05, 0.1) is 0 Å². The van der Waals surface area contributed by atoms with E-state index in [-0.39, 0.29) is 18.3 Å². The Bertz CT molecular complexity index is 522. The van der Waals surface area contributed by atoms with E-state index in [0.29, 0.717) is 5.41 Å². The molecule has 3 N–H and O–H groups in total. The first-order valence-corrected chi connectivity index (χ1v) is 7.70. The number of carbonyl (C=O) groups is 1. The van der Waals surface area contributed by atoms with Crippen LogP contribution < -0.4 is 11.1 Å². The molecule has 0 unspecified atom stereocenters. The van der Waals surface area contributed by atoms with Crippen molar-refractivity contribution in [3.05, 3.63) is 29.3 Å². The molecule has 2 aliphatic carbocycles. The Kier molecular flexibility index (Phi) is 4.95. The van der Waals surface area contributed by atoms with Gasteiger partial charge in [-0.25, -0.2) is 0 Å². The summed E-state index contributed by atoms with van der Waals surface area (Å²) >= 11 is 0. The molecule has 0 heterocycles. The lowest BCUT2D eigenvalue weighted by Crippen LogP contribution is -2.30. The fraction of sp³-hybridized carbons (Fsp3) is 0.588. The summed E-state index contributed by atoms with van der Waals surface area (Å²) in [5.74, 6) is 0.736. The van der Waals surface area contributed by atoms with Crippen LogP contribution in [0.4, 0.5) is 5.69 Å². The van der Waals surface area contributed by atoms with Crippen molar-refractivity contribution in [1.82, 2.24) is 0 Å². The molecule has 4 heteroatoms. The van der Waals surface area contributed by atoms with Gasteiger partial charge in [0.1, 0.15) is 0 Å². The lowest BCUT2D eigenvalue weighted by Gasteiger charge is -2.37. The highest BCUT2D eigenvalue weighted by molar-refractivity contribution is 5.88. The van der Waals surface area contributed by atoms with Crippen LogP contribution in [0.1, 0.15) is 43.7 Å². The van der Waals surface area contributed by atoms with Crippen LogP contribution in [-0.2, 0) is 17.6 Å². The van der Waals surface area contributed by atoms with E-state index in [1.54, 1.807) is 6.92 Å². The molecule has 21 heavy (non-hydrogen) atoms. The molecular weight excluding hydrogens is 284 g/mol. The van der Waals surface area contributed by atoms with Crippen molar-refractivity contribution in [3.63, 3.8) is 0 Å². The van der Waals surface area contributed by atoms with Crippen molar-refractivity contribution >= 4 is 24.0 Å². The number of halogens is 1. The molecule has 1 amide bonds. The highest BCUT2D eigenvalue weighted by atomic mass is 35.5. The van der Waals surface area contributed by atoms with E-state index in [0.717, 1.165) is 18.2 Å². The van der Waals surface area contributed by atoms with E-state index in [1.165, 1.54) is 49.7 Å². The Hall–Kier alpha value is -1.06. The summed E-state index contributed by atoms with van der Waals surface area (Å²) in [6.07, 6.45) is 7.55. The smallest absolute Gasteiger partial charge is 0.221 e. The van der Waals surface area contributed by atoms with Crippen LogP contribution in [0.15, 0.2) is 18.2 Å². The molecule has 0 atom stereocenters. The summed E-state index contributed by atoms with van der Waals surface area (Å²) in [5, 5.41) is 2.89. The maximum absolute atomic E-state index is 11.2. The van der Waals surface area contributed by atoms with Gasteiger partial charge < -0.3 is 11.1 Å². The van der Waals surface area contributed by atoms with Crippen molar-refractivity contribution in [2.45, 2.75) is 45.4 Å². The number of nitrogens with one attached hydrogen (secondary N) is 1. The Morgan fingerprint density at radius 3 is 2.57 bits per heavy atom. The molecule has 0 radical (unpaired) electrons. The van der Waals surface area contributed by atoms with Crippen LogP contribution in [0.5, 0.6) is 0 Å². The number of anilines is 1. The minimum Gasteiger partial charge on any atom is -0.330 e. The summed E-state index contributed by atoms with van der Waals surface area (Å²) in [6.45, 7) is 2.40. The van der Waals surface area contributed by atoms with Gasteiger partial charge in [-0.3, -0.25) is 4.79 Å². The molecule has 1 aromatic carbocycles. The molecule has 1 spiro atoms. The van der Waals surface area contributed by atoms with Crippen LogP contribution in [0.3, 0.4) is 0 Å². The second kappa shape index (κ2) is 6.37. The number of rotatable bonds is 2. The summed E-state index contributed by atoms with van der Waals surface area (Å²) in [7, 11) is 0. The van der Waals surface area contributed by atoms with Crippen molar-refractivity contribution in [3.8, 4) is 0 Å². The predicted molar refractivity (Wildman–Crippen MR) is 88.8 cm³/mol. The largest absolute Gasteiger partial charge is 0.330 e. The standard InChI is InChI=1S/C17H24N2O.ClH/c1-12(20)19-16-3-2-14-9-17(10-15(14)8-16)6-4-13(11-18)5-7-17;/h2-3,8,13H,4-7,9-11,18H2,1H3,(H,19,20);1H. The van der Waals surface area contributed by atoms with E-state index in [1.807, 2.05) is 6.07 Å². The number of amides is 1. The first kappa shape index (κ1) is 16.3. The molecule has 1 fully saturated rings. The highest BCUT2D eigenvalue weighted by Gasteiger charge is 2.39. The van der Waals surface area contributed by atoms with E-state index < -0.39 is 0 Å². The Balaban J connectivity index is 0.00000161. The SMILES string of the molecule is CC(=O)Nc1ccc2c(c1)CC1(CCC(CN)CC1)C2.Cl. The molecule has 116 valence electrons. The van der Waals surface area contributed by atoms with E-state index in [9.17, 15) is 4.79 Å². The number of benzene rings is 1. The summed E-state index contributed by atoms with van der Waals surface area (Å²) < 4.78 is 0. The summed E-state index contributed by atoms with van der Waals surface area (Å²) in [5.41, 5.74) is 10.1. The van der Waals surface area contributed by atoms with Crippen LogP contribution in [0.2, 0.25) is 0 Å². The Morgan fingerprint density at radius 2 is 1.95 bits per heavy atom. The van der Waals surface area contributed by atoms with Crippen LogP contribution in [0, 0.1) is 11.3 Å². The molecule has 3 rings (SSSR count). The zero-order valence-electron chi connectivity index (χ0n) is 12.7. The average molecular weight is 309 g/mol. The van der Waals surface area contributed by atoms with Crippen molar-refractivity contribution in [2.75, 3.05) is 11.9 Å². The van der Waals surface area contributed by atoms with Gasteiger partial charge in [0, 0.05) is 12.6 Å². The van der Waals surface area contributed by atoms with Gasteiger partial charge in [-0.15, -0.1) is 12.4 Å². The van der Waals surface area contributed by atoms with Gasteiger partial charge in [0.25, 0.3) is 0 Å². The van der Waals surface area contributed by atoms with Gasteiger partial charge in [-0.05, 0) is 79.7 Å². The zero-order valence-corrected chi connectivity index (χ0v) is 13.5. The number of hydrogen-bond acceptors (Lipinski definition) is 2. The minimum atomic E-state index is 0. The fourth-order valence-electron chi connectivity index (χ4n) is 3.99. The summed E-state index contributed by atoms with van der Waals surface area (Å²) in [6, 6.07) is 6.40. The van der Waals surface area contributed by atoms with Crippen molar-refractivity contribution in [1.29, 1.82) is 0 Å². The minimum absolute atomic E-state index is 0. The topological polar surface area (TPSA) is 55.1 Å². The second-order valence-corrected chi connectivity index (χ2v) is 6.70. The van der Waals surface area contributed by atoms with Crippen molar-refractivity contribution in [2.24, 2.45) is 17.1 Å². The predicted octanol–water partition coefficient (Wildman–Crippen LogP) is 3.30. The third-order valence-electron chi connectivity index (χ3n) is 5.16. The number of carbonyl (C=O) groups excluding carboxylic acids is 1. The average Bonchev–Trinajstić information content (AvgIpc) is 2.76. The molecule has 0 bridgehead atoms. The van der Waals surface area contributed by atoms with E-state index >= 15 is 0 Å². The first-order valence-electron chi connectivity index (χ1n) is 7.70. The normalized spacial score (nSPS) is 27.0. The van der Waals surface area contributed by atoms with Gasteiger partial charge in [-0.1, -0.05) is 6.07 Å². The second-order valence-electron chi connectivity index (χ2n) is 6.70. The van der Waals surface area contributed by atoms with Crippen LogP contribution in [0.25, 0.3) is 0 Å². The maximum Gasteiger partial charge on any atom is 0.221 e. The molecule has 0 aliphatic heterocycles. The fourth-order valence-corrected chi connectivity index (χ4v) is 3.99.